The van der Waals surface area contributed by atoms with Crippen molar-refractivity contribution in [2.75, 3.05) is 13.2 Å². The third kappa shape index (κ3) is 3.45. The standard InChI is InChI=1S/C13H20N2O3S/c1-13(2,3)18-12(17)15-7-9(6-10(15)8-16)11-14-4-5-19-11/h4-5,9-10,16H,6-8H2,1-3H3. The van der Waals surface area contributed by atoms with Crippen molar-refractivity contribution in [3.05, 3.63) is 16.6 Å². The maximum absolute atomic E-state index is 12.1. The molecule has 0 spiro atoms. The molecule has 106 valence electrons. The van der Waals surface area contributed by atoms with Gasteiger partial charge in [-0.05, 0) is 27.2 Å². The fourth-order valence-corrected chi connectivity index (χ4v) is 3.00. The van der Waals surface area contributed by atoms with Gasteiger partial charge in [-0.15, -0.1) is 11.3 Å². The van der Waals surface area contributed by atoms with Gasteiger partial charge in [0, 0.05) is 24.0 Å². The Kier molecular flexibility index (Phi) is 4.10. The summed E-state index contributed by atoms with van der Waals surface area (Å²) in [6.07, 6.45) is 2.15. The predicted molar refractivity (Wildman–Crippen MR) is 73.3 cm³/mol. The van der Waals surface area contributed by atoms with Crippen LogP contribution in [0.4, 0.5) is 4.79 Å². The van der Waals surface area contributed by atoms with Crippen LogP contribution in [-0.2, 0) is 4.74 Å². The average Bonchev–Trinajstić information content (AvgIpc) is 2.95. The summed E-state index contributed by atoms with van der Waals surface area (Å²) in [5, 5.41) is 12.4. The highest BCUT2D eigenvalue weighted by Crippen LogP contribution is 2.33. The molecule has 2 atom stereocenters. The maximum atomic E-state index is 12.1. The van der Waals surface area contributed by atoms with Crippen molar-refractivity contribution >= 4 is 17.4 Å². The Morgan fingerprint density at radius 1 is 1.63 bits per heavy atom. The first-order valence-corrected chi connectivity index (χ1v) is 7.28. The molecule has 2 unspecified atom stereocenters. The minimum atomic E-state index is -0.518. The number of thiazole rings is 1. The van der Waals surface area contributed by atoms with Crippen molar-refractivity contribution in [3.63, 3.8) is 0 Å². The topological polar surface area (TPSA) is 62.7 Å². The molecule has 2 heterocycles. The van der Waals surface area contributed by atoms with E-state index in [9.17, 15) is 9.90 Å². The number of ether oxygens (including phenoxy) is 1. The van der Waals surface area contributed by atoms with Gasteiger partial charge in [0.1, 0.15) is 5.60 Å². The second kappa shape index (κ2) is 5.46. The lowest BCUT2D eigenvalue weighted by molar-refractivity contribution is 0.0174. The fraction of sp³-hybridized carbons (Fsp3) is 0.692. The molecule has 1 aliphatic rings. The molecule has 6 heteroatoms. The molecule has 1 fully saturated rings. The Bertz CT molecular complexity index is 428. The van der Waals surface area contributed by atoms with E-state index in [4.69, 9.17) is 4.74 Å². The number of carbonyl (C=O) groups is 1. The summed E-state index contributed by atoms with van der Waals surface area (Å²) in [6.45, 7) is 6.04. The zero-order valence-electron chi connectivity index (χ0n) is 11.5. The Morgan fingerprint density at radius 2 is 2.37 bits per heavy atom. The van der Waals surface area contributed by atoms with E-state index in [0.717, 1.165) is 11.4 Å². The molecule has 0 aliphatic carbocycles. The molecule has 1 amide bonds. The molecule has 0 bridgehead atoms. The van der Waals surface area contributed by atoms with Crippen LogP contribution < -0.4 is 0 Å². The number of hydrogen-bond acceptors (Lipinski definition) is 5. The molecule has 1 aromatic heterocycles. The number of aromatic nitrogens is 1. The van der Waals surface area contributed by atoms with Crippen molar-refractivity contribution in [1.29, 1.82) is 0 Å². The minimum absolute atomic E-state index is 0.0406. The van der Waals surface area contributed by atoms with Crippen molar-refractivity contribution < 1.29 is 14.6 Å². The molecule has 5 nitrogen and oxygen atoms in total. The number of aliphatic hydroxyl groups excluding tert-OH is 1. The highest BCUT2D eigenvalue weighted by Gasteiger charge is 2.38. The van der Waals surface area contributed by atoms with Gasteiger partial charge in [0.2, 0.25) is 0 Å². The lowest BCUT2D eigenvalue weighted by atomic mass is 10.1. The Balaban J connectivity index is 2.06. The first kappa shape index (κ1) is 14.3. The highest BCUT2D eigenvalue weighted by atomic mass is 32.1. The summed E-state index contributed by atoms with van der Waals surface area (Å²) in [5.74, 6) is 0.199. The van der Waals surface area contributed by atoms with Crippen LogP contribution in [0.1, 0.15) is 38.1 Å². The van der Waals surface area contributed by atoms with Crippen molar-refractivity contribution in [3.8, 4) is 0 Å². The van der Waals surface area contributed by atoms with E-state index in [-0.39, 0.29) is 24.7 Å². The molecular formula is C13H20N2O3S. The Labute approximate surface area is 117 Å². The van der Waals surface area contributed by atoms with Crippen molar-refractivity contribution in [2.45, 2.75) is 44.8 Å². The number of amides is 1. The summed E-state index contributed by atoms with van der Waals surface area (Å²) in [7, 11) is 0. The summed E-state index contributed by atoms with van der Waals surface area (Å²) >= 11 is 1.59. The normalized spacial score (nSPS) is 23.7. The number of nitrogens with zero attached hydrogens (tertiary/aromatic N) is 2. The van der Waals surface area contributed by atoms with Crippen LogP contribution in [0.5, 0.6) is 0 Å². The van der Waals surface area contributed by atoms with Gasteiger partial charge in [0.05, 0.1) is 17.7 Å². The molecule has 0 aromatic carbocycles. The van der Waals surface area contributed by atoms with Crippen LogP contribution in [0.15, 0.2) is 11.6 Å². The quantitative estimate of drug-likeness (QED) is 0.904. The molecule has 1 aliphatic heterocycles. The van der Waals surface area contributed by atoms with E-state index >= 15 is 0 Å². The van der Waals surface area contributed by atoms with Gasteiger partial charge in [-0.2, -0.15) is 0 Å². The molecule has 0 radical (unpaired) electrons. The van der Waals surface area contributed by atoms with Crippen LogP contribution >= 0.6 is 11.3 Å². The number of aliphatic hydroxyl groups is 1. The monoisotopic (exact) mass is 284 g/mol. The van der Waals surface area contributed by atoms with Crippen LogP contribution in [0.2, 0.25) is 0 Å². The summed E-state index contributed by atoms with van der Waals surface area (Å²) in [4.78, 5) is 18.0. The fourth-order valence-electron chi connectivity index (χ4n) is 2.25. The van der Waals surface area contributed by atoms with E-state index in [0.29, 0.717) is 6.54 Å². The van der Waals surface area contributed by atoms with E-state index in [1.165, 1.54) is 0 Å². The molecule has 1 saturated heterocycles. The molecule has 2 rings (SSSR count). The van der Waals surface area contributed by atoms with Gasteiger partial charge in [-0.3, -0.25) is 0 Å². The van der Waals surface area contributed by atoms with E-state index in [1.807, 2.05) is 26.2 Å². The molecule has 0 saturated carbocycles. The minimum Gasteiger partial charge on any atom is -0.444 e. The number of likely N-dealkylation sites (tertiary alicyclic amines) is 1. The second-order valence-corrected chi connectivity index (χ2v) is 6.70. The number of hydrogen-bond donors (Lipinski definition) is 1. The SMILES string of the molecule is CC(C)(C)OC(=O)N1CC(c2nccs2)CC1CO. The van der Waals surface area contributed by atoms with E-state index in [2.05, 4.69) is 4.98 Å². The molecule has 1 N–H and O–H groups in total. The third-order valence-corrected chi connectivity index (χ3v) is 3.99. The predicted octanol–water partition coefficient (Wildman–Crippen LogP) is 2.23. The van der Waals surface area contributed by atoms with Gasteiger partial charge in [-0.25, -0.2) is 9.78 Å². The van der Waals surface area contributed by atoms with Crippen LogP contribution in [0, 0.1) is 0 Å². The lowest BCUT2D eigenvalue weighted by Crippen LogP contribution is -2.41. The summed E-state index contributed by atoms with van der Waals surface area (Å²) < 4.78 is 5.38. The Morgan fingerprint density at radius 3 is 2.89 bits per heavy atom. The second-order valence-electron chi connectivity index (χ2n) is 5.77. The van der Waals surface area contributed by atoms with Crippen LogP contribution in [0.3, 0.4) is 0 Å². The van der Waals surface area contributed by atoms with Crippen molar-refractivity contribution in [2.24, 2.45) is 0 Å². The Hall–Kier alpha value is -1.14. The number of rotatable bonds is 2. The average molecular weight is 284 g/mol. The number of carbonyl (C=O) groups excluding carboxylic acids is 1. The third-order valence-electron chi connectivity index (χ3n) is 3.05. The van der Waals surface area contributed by atoms with Crippen LogP contribution in [0.25, 0.3) is 0 Å². The molecule has 19 heavy (non-hydrogen) atoms. The van der Waals surface area contributed by atoms with Crippen LogP contribution in [-0.4, -0.2) is 45.9 Å². The summed E-state index contributed by atoms with van der Waals surface area (Å²) in [5.41, 5.74) is -0.518. The molecular weight excluding hydrogens is 264 g/mol. The maximum Gasteiger partial charge on any atom is 0.410 e. The van der Waals surface area contributed by atoms with Crippen molar-refractivity contribution in [1.82, 2.24) is 9.88 Å². The van der Waals surface area contributed by atoms with E-state index < -0.39 is 5.60 Å². The van der Waals surface area contributed by atoms with Gasteiger partial charge in [0.15, 0.2) is 0 Å². The summed E-state index contributed by atoms with van der Waals surface area (Å²) in [6, 6.07) is -0.177. The largest absolute Gasteiger partial charge is 0.444 e. The highest BCUT2D eigenvalue weighted by molar-refractivity contribution is 7.09. The van der Waals surface area contributed by atoms with Gasteiger partial charge in [-0.1, -0.05) is 0 Å². The lowest BCUT2D eigenvalue weighted by Gasteiger charge is -2.27. The zero-order valence-corrected chi connectivity index (χ0v) is 12.3. The first-order chi connectivity index (χ1) is 8.90. The smallest absolute Gasteiger partial charge is 0.410 e. The molecule has 1 aromatic rings. The first-order valence-electron chi connectivity index (χ1n) is 6.40. The van der Waals surface area contributed by atoms with E-state index in [1.54, 1.807) is 22.4 Å². The van der Waals surface area contributed by atoms with Gasteiger partial charge in [0.25, 0.3) is 0 Å². The zero-order chi connectivity index (χ0) is 14.0. The van der Waals surface area contributed by atoms with Gasteiger partial charge >= 0.3 is 6.09 Å². The van der Waals surface area contributed by atoms with Gasteiger partial charge < -0.3 is 14.7 Å².